The first-order valence-electron chi connectivity index (χ1n) is 11.7. The number of ether oxygens (including phenoxy) is 2. The largest absolute Gasteiger partial charge is 0.497 e. The molecule has 9 nitrogen and oxygen atoms in total. The fourth-order valence-electron chi connectivity index (χ4n) is 4.29. The van der Waals surface area contributed by atoms with Crippen LogP contribution in [0.2, 0.25) is 0 Å². The van der Waals surface area contributed by atoms with Crippen molar-refractivity contribution in [3.63, 3.8) is 0 Å². The van der Waals surface area contributed by atoms with Gasteiger partial charge in [0.05, 0.1) is 30.7 Å². The van der Waals surface area contributed by atoms with Crippen molar-refractivity contribution in [2.24, 2.45) is 0 Å². The van der Waals surface area contributed by atoms with E-state index in [1.807, 2.05) is 37.3 Å². The van der Waals surface area contributed by atoms with E-state index in [0.717, 1.165) is 51.9 Å². The Morgan fingerprint density at radius 2 is 1.91 bits per heavy atom. The van der Waals surface area contributed by atoms with E-state index < -0.39 is 9.84 Å². The summed E-state index contributed by atoms with van der Waals surface area (Å²) in [6, 6.07) is 14.2. The molecule has 1 saturated heterocycles. The third kappa shape index (κ3) is 5.49. The Hall–Kier alpha value is -3.37. The number of aromatic amines is 1. The molecule has 1 aliphatic rings. The molecule has 2 aromatic heterocycles. The lowest BCUT2D eigenvalue weighted by molar-refractivity contribution is 0.237. The normalized spacial score (nSPS) is 15.9. The van der Waals surface area contributed by atoms with E-state index in [-0.39, 0.29) is 11.5 Å². The van der Waals surface area contributed by atoms with Gasteiger partial charge < -0.3 is 24.7 Å². The van der Waals surface area contributed by atoms with E-state index in [1.54, 1.807) is 7.11 Å². The van der Waals surface area contributed by atoms with Gasteiger partial charge in [0.2, 0.25) is 0 Å². The highest BCUT2D eigenvalue weighted by molar-refractivity contribution is 7.91. The first-order chi connectivity index (χ1) is 16.9. The zero-order chi connectivity index (χ0) is 24.4. The van der Waals surface area contributed by atoms with Crippen LogP contribution < -0.4 is 14.8 Å². The summed E-state index contributed by atoms with van der Waals surface area (Å²) in [6.07, 6.45) is 0.760. The van der Waals surface area contributed by atoms with Crippen molar-refractivity contribution in [2.45, 2.75) is 13.3 Å². The van der Waals surface area contributed by atoms with Crippen molar-refractivity contribution < 1.29 is 17.9 Å². The molecule has 1 fully saturated rings. The first kappa shape index (κ1) is 23.4. The predicted molar refractivity (Wildman–Crippen MR) is 138 cm³/mol. The maximum Gasteiger partial charge on any atom is 0.318 e. The van der Waals surface area contributed by atoms with E-state index in [9.17, 15) is 8.42 Å². The van der Waals surface area contributed by atoms with Gasteiger partial charge >= 0.3 is 6.01 Å². The Kier molecular flexibility index (Phi) is 6.48. The first-order valence-corrected chi connectivity index (χ1v) is 13.5. The number of nitrogens with zero attached hydrogens (tertiary/aromatic N) is 3. The Morgan fingerprint density at radius 1 is 1.09 bits per heavy atom. The zero-order valence-electron chi connectivity index (χ0n) is 19.9. The van der Waals surface area contributed by atoms with E-state index in [4.69, 9.17) is 9.47 Å². The minimum Gasteiger partial charge on any atom is -0.497 e. The van der Waals surface area contributed by atoms with Crippen molar-refractivity contribution in [3.05, 3.63) is 48.2 Å². The highest BCUT2D eigenvalue weighted by atomic mass is 32.2. The number of rotatable bonds is 8. The second kappa shape index (κ2) is 9.71. The summed E-state index contributed by atoms with van der Waals surface area (Å²) >= 11 is 0. The van der Waals surface area contributed by atoms with Crippen molar-refractivity contribution in [3.8, 4) is 11.8 Å². The number of methoxy groups -OCH3 is 1. The number of fused-ring (bicyclic) bond motifs is 2. The zero-order valence-corrected chi connectivity index (χ0v) is 20.7. The van der Waals surface area contributed by atoms with Gasteiger partial charge in [-0.3, -0.25) is 0 Å². The number of aromatic nitrogens is 3. The molecule has 10 heteroatoms. The van der Waals surface area contributed by atoms with E-state index in [0.29, 0.717) is 31.5 Å². The SMILES string of the molecule is COc1ccc2nc(OCCCN3CCS(=O)(=O)CC3)nc(Nc3ccc4[nH]c(C)cc4c3)c2c1. The second-order valence-corrected chi connectivity index (χ2v) is 11.1. The number of nitrogens with one attached hydrogen (secondary N) is 2. The summed E-state index contributed by atoms with van der Waals surface area (Å²) in [5.41, 5.74) is 3.84. The van der Waals surface area contributed by atoms with Crippen LogP contribution in [0.15, 0.2) is 42.5 Å². The molecule has 4 aromatic rings. The summed E-state index contributed by atoms with van der Waals surface area (Å²) in [5, 5.41) is 5.37. The summed E-state index contributed by atoms with van der Waals surface area (Å²) in [6.45, 7) is 4.42. The molecule has 0 atom stereocenters. The fourth-order valence-corrected chi connectivity index (χ4v) is 5.57. The average molecular weight is 496 g/mol. The molecular formula is C25H29N5O4S. The maximum atomic E-state index is 11.6. The molecule has 0 radical (unpaired) electrons. The monoisotopic (exact) mass is 495 g/mol. The van der Waals surface area contributed by atoms with Crippen LogP contribution in [0.3, 0.4) is 0 Å². The van der Waals surface area contributed by atoms with E-state index in [1.165, 1.54) is 0 Å². The van der Waals surface area contributed by atoms with Crippen LogP contribution in [-0.4, -0.2) is 73.1 Å². The average Bonchev–Trinajstić information content (AvgIpc) is 3.22. The van der Waals surface area contributed by atoms with Gasteiger partial charge in [0.1, 0.15) is 11.6 Å². The fraction of sp³-hybridized carbons (Fsp3) is 0.360. The summed E-state index contributed by atoms with van der Waals surface area (Å²) in [7, 11) is -1.24. The van der Waals surface area contributed by atoms with Gasteiger partial charge in [0.25, 0.3) is 0 Å². The lowest BCUT2D eigenvalue weighted by atomic mass is 10.2. The molecule has 5 rings (SSSR count). The van der Waals surface area contributed by atoms with Crippen LogP contribution in [0.25, 0.3) is 21.8 Å². The molecule has 0 spiro atoms. The van der Waals surface area contributed by atoms with E-state index in [2.05, 4.69) is 37.3 Å². The topological polar surface area (TPSA) is 109 Å². The summed E-state index contributed by atoms with van der Waals surface area (Å²) in [5.74, 6) is 1.82. The Bertz CT molecular complexity index is 1450. The summed E-state index contributed by atoms with van der Waals surface area (Å²) in [4.78, 5) is 14.7. The minimum absolute atomic E-state index is 0.230. The van der Waals surface area contributed by atoms with Gasteiger partial charge in [0.15, 0.2) is 9.84 Å². The molecule has 3 heterocycles. The van der Waals surface area contributed by atoms with Gasteiger partial charge in [-0.1, -0.05) is 0 Å². The van der Waals surface area contributed by atoms with E-state index >= 15 is 0 Å². The molecule has 184 valence electrons. The lowest BCUT2D eigenvalue weighted by Gasteiger charge is -2.26. The molecule has 2 N–H and O–H groups in total. The van der Waals surface area contributed by atoms with Gasteiger partial charge in [-0.05, 0) is 55.8 Å². The van der Waals surface area contributed by atoms with Crippen molar-refractivity contribution >= 4 is 43.1 Å². The van der Waals surface area contributed by atoms with Gasteiger partial charge in [0, 0.05) is 47.3 Å². The van der Waals surface area contributed by atoms with Crippen LogP contribution in [0.5, 0.6) is 11.8 Å². The third-order valence-electron chi connectivity index (χ3n) is 6.19. The predicted octanol–water partition coefficient (Wildman–Crippen LogP) is 3.67. The highest BCUT2D eigenvalue weighted by Gasteiger charge is 2.21. The molecule has 1 aliphatic heterocycles. The molecule has 0 saturated carbocycles. The quantitative estimate of drug-likeness (QED) is 0.357. The van der Waals surface area contributed by atoms with Crippen LogP contribution >= 0.6 is 0 Å². The van der Waals surface area contributed by atoms with Gasteiger partial charge in [-0.25, -0.2) is 8.42 Å². The van der Waals surface area contributed by atoms with Crippen LogP contribution in [0, 0.1) is 6.92 Å². The number of benzene rings is 2. The molecule has 0 amide bonds. The number of H-pyrrole nitrogens is 1. The lowest BCUT2D eigenvalue weighted by Crippen LogP contribution is -2.40. The second-order valence-electron chi connectivity index (χ2n) is 8.81. The number of anilines is 2. The third-order valence-corrected chi connectivity index (χ3v) is 7.80. The number of hydrogen-bond donors (Lipinski definition) is 2. The molecular weight excluding hydrogens is 466 g/mol. The number of hydrogen-bond acceptors (Lipinski definition) is 8. The minimum atomic E-state index is -2.87. The standard InChI is InChI=1S/C25H29N5O4S/c1-17-14-18-15-19(4-6-22(18)26-17)27-24-21-16-20(33-2)5-7-23(21)28-25(29-24)34-11-3-8-30-9-12-35(31,32)13-10-30/h4-7,14-16,26H,3,8-13H2,1-2H3,(H,27,28,29). The molecule has 2 aromatic carbocycles. The molecule has 0 aliphatic carbocycles. The van der Waals surface area contributed by atoms with Gasteiger partial charge in [-0.2, -0.15) is 9.97 Å². The van der Waals surface area contributed by atoms with Crippen LogP contribution in [0.4, 0.5) is 11.5 Å². The smallest absolute Gasteiger partial charge is 0.318 e. The maximum absolute atomic E-state index is 11.6. The van der Waals surface area contributed by atoms with Crippen molar-refractivity contribution in [1.82, 2.24) is 19.9 Å². The van der Waals surface area contributed by atoms with Crippen LogP contribution in [-0.2, 0) is 9.84 Å². The Balaban J connectivity index is 1.33. The molecule has 0 unspecified atom stereocenters. The Morgan fingerprint density at radius 3 is 2.71 bits per heavy atom. The van der Waals surface area contributed by atoms with Crippen molar-refractivity contribution in [2.75, 3.05) is 50.2 Å². The number of aryl methyl sites for hydroxylation is 1. The summed E-state index contributed by atoms with van der Waals surface area (Å²) < 4.78 is 34.5. The Labute approximate surface area is 204 Å². The van der Waals surface area contributed by atoms with Crippen LogP contribution in [0.1, 0.15) is 12.1 Å². The number of sulfone groups is 1. The van der Waals surface area contributed by atoms with Gasteiger partial charge in [-0.15, -0.1) is 0 Å². The van der Waals surface area contributed by atoms with Crippen molar-refractivity contribution in [1.29, 1.82) is 0 Å². The molecule has 0 bridgehead atoms. The highest BCUT2D eigenvalue weighted by Crippen LogP contribution is 2.30. The molecule has 35 heavy (non-hydrogen) atoms.